The first-order valence-electron chi connectivity index (χ1n) is 10.3. The van der Waals surface area contributed by atoms with Crippen LogP contribution in [-0.4, -0.2) is 0 Å². The Morgan fingerprint density at radius 2 is 1.21 bits per heavy atom. The van der Waals surface area contributed by atoms with E-state index in [1.807, 2.05) is 0 Å². The number of benzene rings is 2. The average molecular weight is 324 g/mol. The third-order valence-electron chi connectivity index (χ3n) is 5.02. The summed E-state index contributed by atoms with van der Waals surface area (Å²) in [4.78, 5) is 0. The molecular formula is C24H35. The van der Waals surface area contributed by atoms with E-state index >= 15 is 0 Å². The number of fused-ring (bicyclic) bond motifs is 1. The Morgan fingerprint density at radius 3 is 1.88 bits per heavy atom. The molecule has 0 aromatic heterocycles. The fourth-order valence-electron chi connectivity index (χ4n) is 3.46. The molecule has 0 nitrogen and oxygen atoms in total. The van der Waals surface area contributed by atoms with E-state index in [1.54, 1.807) is 0 Å². The molecule has 0 aliphatic heterocycles. The van der Waals surface area contributed by atoms with Gasteiger partial charge in [-0.25, -0.2) is 0 Å². The predicted molar refractivity (Wildman–Crippen MR) is 108 cm³/mol. The smallest absolute Gasteiger partial charge is 0.00643 e. The van der Waals surface area contributed by atoms with Gasteiger partial charge in [0.05, 0.1) is 0 Å². The van der Waals surface area contributed by atoms with Gasteiger partial charge < -0.3 is 0 Å². The fraction of sp³-hybridized carbons (Fsp3) is 0.583. The van der Waals surface area contributed by atoms with Crippen LogP contribution in [0.4, 0.5) is 0 Å². The van der Waals surface area contributed by atoms with Gasteiger partial charge in [-0.1, -0.05) is 114 Å². The lowest BCUT2D eigenvalue weighted by Gasteiger charge is -2.04. The van der Waals surface area contributed by atoms with Gasteiger partial charge in [0.2, 0.25) is 0 Å². The number of hydrogen-bond donors (Lipinski definition) is 0. The molecule has 24 heavy (non-hydrogen) atoms. The molecule has 0 atom stereocenters. The normalized spacial score (nSPS) is 11.2. The van der Waals surface area contributed by atoms with Gasteiger partial charge in [-0.15, -0.1) is 0 Å². The van der Waals surface area contributed by atoms with Gasteiger partial charge in [0.25, 0.3) is 0 Å². The van der Waals surface area contributed by atoms with Gasteiger partial charge in [0, 0.05) is 0 Å². The van der Waals surface area contributed by atoms with Crippen molar-refractivity contribution in [3.8, 4) is 0 Å². The van der Waals surface area contributed by atoms with Crippen LogP contribution in [0.3, 0.4) is 0 Å². The second kappa shape index (κ2) is 12.1. The lowest BCUT2D eigenvalue weighted by Crippen LogP contribution is -1.87. The minimum atomic E-state index is 1.18. The van der Waals surface area contributed by atoms with Gasteiger partial charge in [-0.2, -0.15) is 0 Å². The fourth-order valence-corrected chi connectivity index (χ4v) is 3.46. The molecule has 0 bridgehead atoms. The van der Waals surface area contributed by atoms with Crippen molar-refractivity contribution < 1.29 is 0 Å². The molecule has 0 spiro atoms. The minimum absolute atomic E-state index is 1.18. The van der Waals surface area contributed by atoms with Crippen molar-refractivity contribution in [3.05, 3.63) is 48.0 Å². The molecule has 0 aliphatic carbocycles. The zero-order chi connectivity index (χ0) is 16.9. The van der Waals surface area contributed by atoms with E-state index in [0.717, 1.165) is 0 Å². The maximum absolute atomic E-state index is 3.57. The number of hydrogen-bond acceptors (Lipinski definition) is 0. The van der Waals surface area contributed by atoms with Gasteiger partial charge in [-0.05, 0) is 35.2 Å². The highest BCUT2D eigenvalue weighted by Gasteiger charge is 1.98. The summed E-state index contributed by atoms with van der Waals surface area (Å²) in [6.45, 7) is 2.29. The Morgan fingerprint density at radius 1 is 0.625 bits per heavy atom. The molecule has 0 heteroatoms. The highest BCUT2D eigenvalue weighted by atomic mass is 14.0. The van der Waals surface area contributed by atoms with E-state index in [2.05, 4.69) is 49.4 Å². The molecule has 2 aromatic rings. The summed E-state index contributed by atoms with van der Waals surface area (Å²) in [7, 11) is 0. The Labute approximate surface area is 149 Å². The van der Waals surface area contributed by atoms with Crippen molar-refractivity contribution >= 4 is 10.8 Å². The van der Waals surface area contributed by atoms with Gasteiger partial charge in [0.1, 0.15) is 0 Å². The Hall–Kier alpha value is -1.30. The van der Waals surface area contributed by atoms with Crippen LogP contribution in [-0.2, 0) is 6.42 Å². The maximum atomic E-state index is 3.57. The molecule has 0 saturated carbocycles. The van der Waals surface area contributed by atoms with Crippen LogP contribution in [0.1, 0.15) is 89.5 Å². The Bertz CT molecular complexity index is 555. The first kappa shape index (κ1) is 19.0. The SMILES string of the molecule is CCCCCCCCCCCCCCc1[c]c2ccccc2cc1. The quantitative estimate of drug-likeness (QED) is 0.329. The van der Waals surface area contributed by atoms with Gasteiger partial charge >= 0.3 is 0 Å². The van der Waals surface area contributed by atoms with Crippen LogP contribution in [0.25, 0.3) is 10.8 Å². The summed E-state index contributed by atoms with van der Waals surface area (Å²) in [5.41, 5.74) is 1.38. The number of unbranched alkanes of at least 4 members (excludes halogenated alkanes) is 11. The van der Waals surface area contributed by atoms with Crippen molar-refractivity contribution in [2.75, 3.05) is 0 Å². The topological polar surface area (TPSA) is 0 Å². The van der Waals surface area contributed by atoms with Crippen molar-refractivity contribution in [3.63, 3.8) is 0 Å². The molecule has 0 amide bonds. The first-order chi connectivity index (χ1) is 11.9. The summed E-state index contributed by atoms with van der Waals surface area (Å²) in [6.07, 6.45) is 18.2. The molecular weight excluding hydrogens is 288 g/mol. The Balaban J connectivity index is 1.46. The van der Waals surface area contributed by atoms with Crippen LogP contribution in [0.2, 0.25) is 0 Å². The number of rotatable bonds is 13. The van der Waals surface area contributed by atoms with Crippen molar-refractivity contribution in [1.82, 2.24) is 0 Å². The van der Waals surface area contributed by atoms with E-state index < -0.39 is 0 Å². The predicted octanol–water partition coefficient (Wildman–Crippen LogP) is 7.88. The summed E-state index contributed by atoms with van der Waals surface area (Å²) < 4.78 is 0. The third-order valence-corrected chi connectivity index (χ3v) is 5.02. The van der Waals surface area contributed by atoms with Gasteiger partial charge in [-0.3, -0.25) is 0 Å². The largest absolute Gasteiger partial charge is 0.0654 e. The highest BCUT2D eigenvalue weighted by molar-refractivity contribution is 5.82. The van der Waals surface area contributed by atoms with Crippen LogP contribution < -0.4 is 0 Å². The molecule has 1 radical (unpaired) electrons. The van der Waals surface area contributed by atoms with Gasteiger partial charge in [0.15, 0.2) is 0 Å². The average Bonchev–Trinajstić information content (AvgIpc) is 2.62. The lowest BCUT2D eigenvalue weighted by atomic mass is 10.0. The molecule has 2 aromatic carbocycles. The first-order valence-corrected chi connectivity index (χ1v) is 10.3. The molecule has 131 valence electrons. The molecule has 2 rings (SSSR count). The summed E-state index contributed by atoms with van der Waals surface area (Å²) in [5, 5.41) is 2.56. The zero-order valence-electron chi connectivity index (χ0n) is 15.7. The molecule has 0 saturated heterocycles. The van der Waals surface area contributed by atoms with Crippen LogP contribution in [0.5, 0.6) is 0 Å². The summed E-state index contributed by atoms with van der Waals surface area (Å²) in [5.74, 6) is 0. The molecule has 0 aliphatic rings. The standard InChI is InChI=1S/C24H35/c1-2-3-4-5-6-7-8-9-10-11-12-13-16-22-19-20-23-17-14-15-18-24(23)21-22/h14-15,17-20H,2-13,16H2,1H3. The second-order valence-corrected chi connectivity index (χ2v) is 7.21. The van der Waals surface area contributed by atoms with E-state index in [9.17, 15) is 0 Å². The summed E-state index contributed by atoms with van der Waals surface area (Å²) >= 11 is 0. The van der Waals surface area contributed by atoms with Crippen LogP contribution >= 0.6 is 0 Å². The van der Waals surface area contributed by atoms with Crippen LogP contribution in [0.15, 0.2) is 36.4 Å². The van der Waals surface area contributed by atoms with Crippen LogP contribution in [0, 0.1) is 6.07 Å². The lowest BCUT2D eigenvalue weighted by molar-refractivity contribution is 0.544. The molecule has 0 unspecified atom stereocenters. The molecule has 0 fully saturated rings. The van der Waals surface area contributed by atoms with E-state index in [4.69, 9.17) is 0 Å². The van der Waals surface area contributed by atoms with E-state index in [0.29, 0.717) is 0 Å². The monoisotopic (exact) mass is 323 g/mol. The van der Waals surface area contributed by atoms with Crippen molar-refractivity contribution in [1.29, 1.82) is 0 Å². The maximum Gasteiger partial charge on any atom is -0.00643 e. The minimum Gasteiger partial charge on any atom is -0.0654 e. The van der Waals surface area contributed by atoms with Crippen molar-refractivity contribution in [2.24, 2.45) is 0 Å². The molecule has 0 heterocycles. The second-order valence-electron chi connectivity index (χ2n) is 7.21. The zero-order valence-corrected chi connectivity index (χ0v) is 15.7. The van der Waals surface area contributed by atoms with Crippen molar-refractivity contribution in [2.45, 2.75) is 90.4 Å². The molecule has 0 N–H and O–H groups in total. The Kier molecular flexibility index (Phi) is 9.61. The third kappa shape index (κ3) is 7.51. The van der Waals surface area contributed by atoms with E-state index in [1.165, 1.54) is 99.8 Å². The highest BCUT2D eigenvalue weighted by Crippen LogP contribution is 2.17. The van der Waals surface area contributed by atoms with E-state index in [-0.39, 0.29) is 0 Å². The number of aryl methyl sites for hydroxylation is 1. The summed E-state index contributed by atoms with van der Waals surface area (Å²) in [6, 6.07) is 16.6.